The highest BCUT2D eigenvalue weighted by Gasteiger charge is 2.09. The Morgan fingerprint density at radius 3 is 2.50 bits per heavy atom. The van der Waals surface area contributed by atoms with Crippen LogP contribution in [0.5, 0.6) is 0 Å². The zero-order chi connectivity index (χ0) is 10.6. The summed E-state index contributed by atoms with van der Waals surface area (Å²) in [6, 6.07) is 0. The molecular weight excluding hydrogens is 212 g/mol. The van der Waals surface area contributed by atoms with Gasteiger partial charge in [0, 0.05) is 5.75 Å². The molecule has 4 heteroatoms. The molecule has 1 heterocycles. The number of thiazole rings is 1. The first-order chi connectivity index (χ1) is 6.67. The highest BCUT2D eigenvalue weighted by atomic mass is 32.2. The molecule has 14 heavy (non-hydrogen) atoms. The number of nitrogen functional groups attached to an aromatic ring is 1. The number of nitrogens with zero attached hydrogens (tertiary/aromatic N) is 1. The number of anilines is 1. The van der Waals surface area contributed by atoms with Crippen molar-refractivity contribution in [3.05, 3.63) is 5.69 Å². The molecule has 0 radical (unpaired) electrons. The standard InChI is InChI=1S/C10H18N2S2/c1-4-8(5-2)6-13-9-7(3)12-10(11)14-9/h8H,4-6H2,1-3H3,(H2,11,12). The fourth-order valence-electron chi connectivity index (χ4n) is 1.25. The molecule has 1 rings (SSSR count). The maximum absolute atomic E-state index is 5.64. The van der Waals surface area contributed by atoms with Crippen LogP contribution in [0, 0.1) is 12.8 Å². The summed E-state index contributed by atoms with van der Waals surface area (Å²) in [6.07, 6.45) is 2.52. The van der Waals surface area contributed by atoms with Gasteiger partial charge >= 0.3 is 0 Å². The molecule has 0 amide bonds. The molecule has 2 nitrogen and oxygen atoms in total. The Labute approximate surface area is 94.3 Å². The average Bonchev–Trinajstić information content (AvgIpc) is 2.47. The first-order valence-corrected chi connectivity index (χ1v) is 6.83. The lowest BCUT2D eigenvalue weighted by molar-refractivity contribution is 0.554. The van der Waals surface area contributed by atoms with Crippen molar-refractivity contribution >= 4 is 28.2 Å². The van der Waals surface area contributed by atoms with E-state index in [2.05, 4.69) is 18.8 Å². The van der Waals surface area contributed by atoms with E-state index in [9.17, 15) is 0 Å². The molecule has 0 aromatic carbocycles. The summed E-state index contributed by atoms with van der Waals surface area (Å²) in [4.78, 5) is 4.22. The number of rotatable bonds is 5. The first kappa shape index (κ1) is 11.9. The highest BCUT2D eigenvalue weighted by molar-refractivity contribution is 8.01. The third kappa shape index (κ3) is 3.17. The molecule has 0 aliphatic carbocycles. The van der Waals surface area contributed by atoms with Crippen molar-refractivity contribution in [1.29, 1.82) is 0 Å². The Kier molecular flexibility index (Phi) is 4.75. The molecule has 0 aliphatic heterocycles. The average molecular weight is 230 g/mol. The van der Waals surface area contributed by atoms with E-state index >= 15 is 0 Å². The second-order valence-corrected chi connectivity index (χ2v) is 5.74. The lowest BCUT2D eigenvalue weighted by Crippen LogP contribution is -1.99. The Bertz CT molecular complexity index is 280. The normalized spacial score (nSPS) is 11.1. The van der Waals surface area contributed by atoms with Gasteiger partial charge in [-0.3, -0.25) is 0 Å². The largest absolute Gasteiger partial charge is 0.375 e. The zero-order valence-electron chi connectivity index (χ0n) is 9.04. The van der Waals surface area contributed by atoms with Gasteiger partial charge in [-0.2, -0.15) is 0 Å². The second-order valence-electron chi connectivity index (χ2n) is 3.42. The Balaban J connectivity index is 2.48. The van der Waals surface area contributed by atoms with Crippen LogP contribution in [-0.4, -0.2) is 10.7 Å². The summed E-state index contributed by atoms with van der Waals surface area (Å²) in [5, 5.41) is 0.689. The van der Waals surface area contributed by atoms with E-state index in [4.69, 9.17) is 5.73 Å². The maximum Gasteiger partial charge on any atom is 0.181 e. The van der Waals surface area contributed by atoms with E-state index in [0.29, 0.717) is 5.13 Å². The lowest BCUT2D eigenvalue weighted by atomic mass is 10.1. The van der Waals surface area contributed by atoms with Gasteiger partial charge in [-0.1, -0.05) is 38.0 Å². The van der Waals surface area contributed by atoms with Gasteiger partial charge in [0.15, 0.2) is 5.13 Å². The van der Waals surface area contributed by atoms with Crippen LogP contribution < -0.4 is 5.73 Å². The van der Waals surface area contributed by atoms with E-state index in [1.165, 1.54) is 22.8 Å². The van der Waals surface area contributed by atoms with Crippen molar-refractivity contribution in [3.63, 3.8) is 0 Å². The molecule has 0 atom stereocenters. The minimum atomic E-state index is 0.689. The third-order valence-electron chi connectivity index (χ3n) is 2.38. The molecule has 0 unspecified atom stereocenters. The minimum absolute atomic E-state index is 0.689. The Morgan fingerprint density at radius 1 is 1.43 bits per heavy atom. The predicted molar refractivity (Wildman–Crippen MR) is 66.1 cm³/mol. The minimum Gasteiger partial charge on any atom is -0.375 e. The van der Waals surface area contributed by atoms with Crippen molar-refractivity contribution < 1.29 is 0 Å². The number of thioether (sulfide) groups is 1. The van der Waals surface area contributed by atoms with Crippen molar-refractivity contribution in [3.8, 4) is 0 Å². The lowest BCUT2D eigenvalue weighted by Gasteiger charge is -2.10. The molecule has 0 spiro atoms. The monoisotopic (exact) mass is 230 g/mol. The van der Waals surface area contributed by atoms with E-state index in [1.54, 1.807) is 11.3 Å². The Hall–Kier alpha value is -0.220. The highest BCUT2D eigenvalue weighted by Crippen LogP contribution is 2.32. The van der Waals surface area contributed by atoms with Gasteiger partial charge in [0.25, 0.3) is 0 Å². The van der Waals surface area contributed by atoms with Gasteiger partial charge in [-0.05, 0) is 12.8 Å². The first-order valence-electron chi connectivity index (χ1n) is 5.03. The van der Waals surface area contributed by atoms with Gasteiger partial charge in [-0.15, -0.1) is 11.8 Å². The third-order valence-corrected chi connectivity index (χ3v) is 4.96. The molecule has 0 saturated carbocycles. The summed E-state index contributed by atoms with van der Waals surface area (Å²) in [5.74, 6) is 2.01. The van der Waals surface area contributed by atoms with Crippen LogP contribution in [0.2, 0.25) is 0 Å². The van der Waals surface area contributed by atoms with E-state index < -0.39 is 0 Å². The second kappa shape index (κ2) is 5.61. The number of hydrogen-bond donors (Lipinski definition) is 1. The number of hydrogen-bond acceptors (Lipinski definition) is 4. The SMILES string of the molecule is CCC(CC)CSc1sc(N)nc1C. The van der Waals surface area contributed by atoms with Crippen LogP contribution in [0.1, 0.15) is 32.4 Å². The van der Waals surface area contributed by atoms with E-state index in [0.717, 1.165) is 11.6 Å². The molecule has 0 bridgehead atoms. The van der Waals surface area contributed by atoms with Crippen LogP contribution >= 0.6 is 23.1 Å². The number of nitrogens with two attached hydrogens (primary N) is 1. The molecule has 0 saturated heterocycles. The molecule has 2 N–H and O–H groups in total. The summed E-state index contributed by atoms with van der Waals surface area (Å²) in [5.41, 5.74) is 6.73. The quantitative estimate of drug-likeness (QED) is 0.786. The van der Waals surface area contributed by atoms with Gasteiger partial charge in [0.1, 0.15) is 0 Å². The van der Waals surface area contributed by atoms with Gasteiger partial charge < -0.3 is 5.73 Å². The summed E-state index contributed by atoms with van der Waals surface area (Å²) < 4.78 is 1.29. The fraction of sp³-hybridized carbons (Fsp3) is 0.700. The topological polar surface area (TPSA) is 38.9 Å². The van der Waals surface area contributed by atoms with Crippen molar-refractivity contribution in [2.24, 2.45) is 5.92 Å². The Morgan fingerprint density at radius 2 is 2.07 bits per heavy atom. The molecule has 0 fully saturated rings. The molecule has 80 valence electrons. The van der Waals surface area contributed by atoms with Crippen molar-refractivity contribution in [2.75, 3.05) is 11.5 Å². The molecule has 0 aliphatic rings. The maximum atomic E-state index is 5.64. The van der Waals surface area contributed by atoms with Crippen LogP contribution in [0.3, 0.4) is 0 Å². The smallest absolute Gasteiger partial charge is 0.181 e. The summed E-state index contributed by atoms with van der Waals surface area (Å²) >= 11 is 3.51. The van der Waals surface area contributed by atoms with Crippen molar-refractivity contribution in [1.82, 2.24) is 4.98 Å². The molecule has 1 aromatic rings. The number of aryl methyl sites for hydroxylation is 1. The van der Waals surface area contributed by atoms with Gasteiger partial charge in [0.2, 0.25) is 0 Å². The van der Waals surface area contributed by atoms with E-state index in [1.807, 2.05) is 18.7 Å². The summed E-state index contributed by atoms with van der Waals surface area (Å²) in [6.45, 7) is 6.54. The van der Waals surface area contributed by atoms with Crippen LogP contribution in [-0.2, 0) is 0 Å². The molecular formula is C10H18N2S2. The van der Waals surface area contributed by atoms with Crippen LogP contribution in [0.4, 0.5) is 5.13 Å². The van der Waals surface area contributed by atoms with Crippen LogP contribution in [0.25, 0.3) is 0 Å². The predicted octanol–water partition coefficient (Wildman–Crippen LogP) is 3.56. The van der Waals surface area contributed by atoms with Crippen molar-refractivity contribution in [2.45, 2.75) is 37.8 Å². The van der Waals surface area contributed by atoms with Gasteiger partial charge in [0.05, 0.1) is 9.90 Å². The fourth-order valence-corrected chi connectivity index (χ4v) is 3.63. The van der Waals surface area contributed by atoms with Crippen LogP contribution in [0.15, 0.2) is 4.21 Å². The molecule has 1 aromatic heterocycles. The van der Waals surface area contributed by atoms with E-state index in [-0.39, 0.29) is 0 Å². The zero-order valence-corrected chi connectivity index (χ0v) is 10.7. The number of aromatic nitrogens is 1. The van der Waals surface area contributed by atoms with Gasteiger partial charge in [-0.25, -0.2) is 4.98 Å². The summed E-state index contributed by atoms with van der Waals surface area (Å²) in [7, 11) is 0.